The van der Waals surface area contributed by atoms with E-state index in [0.717, 1.165) is 12.1 Å². The Bertz CT molecular complexity index is 742. The Hall–Kier alpha value is -2.83. The first-order valence-electron chi connectivity index (χ1n) is 6.62. The fraction of sp³-hybridized carbons (Fsp3) is 0.125. The molecule has 0 unspecified atom stereocenters. The maximum absolute atomic E-state index is 12.9. The number of carbonyl (C=O) groups excluding carboxylic acids is 2. The molecule has 0 fully saturated rings. The molecule has 0 bridgehead atoms. The van der Waals surface area contributed by atoms with Crippen LogP contribution in [-0.4, -0.2) is 12.3 Å². The van der Waals surface area contributed by atoms with E-state index in [4.69, 9.17) is 0 Å². The number of benzene rings is 2. The van der Waals surface area contributed by atoms with Gasteiger partial charge in [0.25, 0.3) is 0 Å². The summed E-state index contributed by atoms with van der Waals surface area (Å²) < 4.78 is 38.6. The Morgan fingerprint density at radius 1 is 1.00 bits per heavy atom. The summed E-state index contributed by atoms with van der Waals surface area (Å²) in [6.45, 7) is 1.63. The van der Waals surface area contributed by atoms with E-state index in [1.165, 1.54) is 12.1 Å². The highest BCUT2D eigenvalue weighted by Gasteiger charge is 2.33. The number of carbonyl (C=O) groups is 2. The number of anilines is 2. The molecule has 0 saturated carbocycles. The number of rotatable bonds is 3. The minimum Gasteiger partial charge on any atom is -0.307 e. The topological polar surface area (TPSA) is 58.2 Å². The zero-order chi connectivity index (χ0) is 17.0. The third-order valence-electron chi connectivity index (χ3n) is 3.23. The van der Waals surface area contributed by atoms with Crippen LogP contribution in [0.15, 0.2) is 42.5 Å². The van der Waals surface area contributed by atoms with Crippen molar-refractivity contribution in [1.82, 2.24) is 0 Å². The molecule has 0 saturated heterocycles. The van der Waals surface area contributed by atoms with Crippen molar-refractivity contribution in [3.05, 3.63) is 59.2 Å². The van der Waals surface area contributed by atoms with Crippen LogP contribution in [0.25, 0.3) is 0 Å². The van der Waals surface area contributed by atoms with Crippen molar-refractivity contribution in [3.63, 3.8) is 0 Å². The van der Waals surface area contributed by atoms with Crippen LogP contribution in [0.3, 0.4) is 0 Å². The average Bonchev–Trinajstić information content (AvgIpc) is 2.49. The average molecular weight is 322 g/mol. The van der Waals surface area contributed by atoms with Crippen LogP contribution in [0.2, 0.25) is 0 Å². The molecule has 2 amide bonds. The normalized spacial score (nSPS) is 11.0. The van der Waals surface area contributed by atoms with Crippen molar-refractivity contribution in [1.29, 1.82) is 0 Å². The van der Waals surface area contributed by atoms with Crippen LogP contribution in [0.1, 0.15) is 21.5 Å². The van der Waals surface area contributed by atoms with E-state index in [9.17, 15) is 22.8 Å². The Morgan fingerprint density at radius 2 is 1.61 bits per heavy atom. The third kappa shape index (κ3) is 3.88. The first-order chi connectivity index (χ1) is 10.8. The molecular weight excluding hydrogens is 309 g/mol. The highest BCUT2D eigenvalue weighted by Crippen LogP contribution is 2.34. The number of amides is 2. The number of nitrogens with one attached hydrogen (secondary N) is 2. The number of urea groups is 1. The smallest absolute Gasteiger partial charge is 0.307 e. The SMILES string of the molecule is Cc1c(C=O)cccc1NC(=O)Nc1ccccc1C(F)(F)F. The maximum Gasteiger partial charge on any atom is 0.418 e. The fourth-order valence-electron chi connectivity index (χ4n) is 2.03. The minimum atomic E-state index is -4.57. The summed E-state index contributed by atoms with van der Waals surface area (Å²) in [6.07, 6.45) is -3.94. The molecular formula is C16H13F3N2O2. The second-order valence-corrected chi connectivity index (χ2v) is 4.76. The van der Waals surface area contributed by atoms with Crippen LogP contribution in [0.4, 0.5) is 29.3 Å². The van der Waals surface area contributed by atoms with Gasteiger partial charge < -0.3 is 10.6 Å². The van der Waals surface area contributed by atoms with E-state index in [-0.39, 0.29) is 5.69 Å². The molecule has 2 aromatic carbocycles. The zero-order valence-corrected chi connectivity index (χ0v) is 12.1. The molecule has 0 atom stereocenters. The molecule has 7 heteroatoms. The van der Waals surface area contributed by atoms with Gasteiger partial charge in [0, 0.05) is 11.3 Å². The van der Waals surface area contributed by atoms with Gasteiger partial charge in [-0.25, -0.2) is 4.79 Å². The lowest BCUT2D eigenvalue weighted by Gasteiger charge is -2.15. The maximum atomic E-state index is 12.9. The molecule has 0 aliphatic rings. The van der Waals surface area contributed by atoms with Gasteiger partial charge in [-0.15, -0.1) is 0 Å². The quantitative estimate of drug-likeness (QED) is 0.819. The Kier molecular flexibility index (Phi) is 4.68. The van der Waals surface area contributed by atoms with Crippen LogP contribution in [0.5, 0.6) is 0 Å². The van der Waals surface area contributed by atoms with Gasteiger partial charge in [-0.1, -0.05) is 24.3 Å². The lowest BCUT2D eigenvalue weighted by molar-refractivity contribution is -0.136. The number of hydrogen-bond acceptors (Lipinski definition) is 2. The van der Waals surface area contributed by atoms with Crippen LogP contribution in [0, 0.1) is 6.92 Å². The lowest BCUT2D eigenvalue weighted by Crippen LogP contribution is -2.22. The van der Waals surface area contributed by atoms with Crippen molar-refractivity contribution in [2.45, 2.75) is 13.1 Å². The zero-order valence-electron chi connectivity index (χ0n) is 12.1. The third-order valence-corrected chi connectivity index (χ3v) is 3.23. The molecule has 2 N–H and O–H groups in total. The molecule has 0 aliphatic carbocycles. The molecule has 2 aromatic rings. The summed E-state index contributed by atoms with van der Waals surface area (Å²) >= 11 is 0. The molecule has 120 valence electrons. The second-order valence-electron chi connectivity index (χ2n) is 4.76. The number of halogens is 3. The molecule has 0 radical (unpaired) electrons. The van der Waals surface area contributed by atoms with E-state index in [0.29, 0.717) is 23.1 Å². The second kappa shape index (κ2) is 6.51. The summed E-state index contributed by atoms with van der Waals surface area (Å²) in [5, 5.41) is 4.61. The molecule has 0 spiro atoms. The highest BCUT2D eigenvalue weighted by molar-refractivity contribution is 6.01. The van der Waals surface area contributed by atoms with Gasteiger partial charge in [-0.3, -0.25) is 4.79 Å². The molecule has 0 aromatic heterocycles. The van der Waals surface area contributed by atoms with Crippen molar-refractivity contribution in [3.8, 4) is 0 Å². The molecule has 0 aliphatic heterocycles. The van der Waals surface area contributed by atoms with Gasteiger partial charge >= 0.3 is 12.2 Å². The summed E-state index contributed by atoms with van der Waals surface area (Å²) in [5.74, 6) is 0. The predicted molar refractivity (Wildman–Crippen MR) is 80.7 cm³/mol. The molecule has 0 heterocycles. The van der Waals surface area contributed by atoms with Crippen molar-refractivity contribution in [2.24, 2.45) is 0 Å². The molecule has 4 nitrogen and oxygen atoms in total. The fourth-order valence-corrected chi connectivity index (χ4v) is 2.03. The predicted octanol–water partition coefficient (Wildman–Crippen LogP) is 4.47. The number of alkyl halides is 3. The molecule has 2 rings (SSSR count). The van der Waals surface area contributed by atoms with Gasteiger partial charge in [0.15, 0.2) is 0 Å². The van der Waals surface area contributed by atoms with Gasteiger partial charge in [0.05, 0.1) is 11.3 Å². The first kappa shape index (κ1) is 16.5. The lowest BCUT2D eigenvalue weighted by atomic mass is 10.1. The Morgan fingerprint density at radius 3 is 2.26 bits per heavy atom. The minimum absolute atomic E-state index is 0.344. The number of aldehydes is 1. The van der Waals surface area contributed by atoms with Gasteiger partial charge in [-0.05, 0) is 30.7 Å². The Balaban J connectivity index is 2.20. The van der Waals surface area contributed by atoms with Gasteiger partial charge in [0.2, 0.25) is 0 Å². The van der Waals surface area contributed by atoms with Crippen molar-refractivity contribution < 1.29 is 22.8 Å². The van der Waals surface area contributed by atoms with Crippen molar-refractivity contribution >= 4 is 23.7 Å². The molecule has 23 heavy (non-hydrogen) atoms. The van der Waals surface area contributed by atoms with Crippen LogP contribution in [-0.2, 0) is 6.18 Å². The van der Waals surface area contributed by atoms with E-state index in [1.54, 1.807) is 25.1 Å². The van der Waals surface area contributed by atoms with Gasteiger partial charge in [-0.2, -0.15) is 13.2 Å². The van der Waals surface area contributed by atoms with E-state index >= 15 is 0 Å². The first-order valence-corrected chi connectivity index (χ1v) is 6.62. The standard InChI is InChI=1S/C16H13F3N2O2/c1-10-11(9-22)5-4-8-13(10)20-15(23)21-14-7-3-2-6-12(14)16(17,18)19/h2-9H,1H3,(H2,20,21,23). The summed E-state index contributed by atoms with van der Waals surface area (Å²) in [5.41, 5.74) is -0.0213. The largest absolute Gasteiger partial charge is 0.418 e. The summed E-state index contributed by atoms with van der Waals surface area (Å²) in [7, 11) is 0. The van der Waals surface area contributed by atoms with E-state index in [2.05, 4.69) is 10.6 Å². The van der Waals surface area contributed by atoms with Gasteiger partial charge in [0.1, 0.15) is 6.29 Å². The van der Waals surface area contributed by atoms with E-state index in [1.807, 2.05) is 0 Å². The number of hydrogen-bond donors (Lipinski definition) is 2. The summed E-state index contributed by atoms with van der Waals surface area (Å²) in [6, 6.07) is 8.54. The van der Waals surface area contributed by atoms with Crippen molar-refractivity contribution in [2.75, 3.05) is 10.6 Å². The van der Waals surface area contributed by atoms with E-state index < -0.39 is 17.8 Å². The summed E-state index contributed by atoms with van der Waals surface area (Å²) in [4.78, 5) is 22.8. The Labute approximate surface area is 130 Å². The highest BCUT2D eigenvalue weighted by atomic mass is 19.4. The van der Waals surface area contributed by atoms with Crippen LogP contribution < -0.4 is 10.6 Å². The number of para-hydroxylation sites is 1. The monoisotopic (exact) mass is 322 g/mol. The van der Waals surface area contributed by atoms with Crippen LogP contribution >= 0.6 is 0 Å².